The third-order valence-electron chi connectivity index (χ3n) is 4.14. The van der Waals surface area contributed by atoms with E-state index in [4.69, 9.17) is 0 Å². The molecule has 1 amide bonds. The summed E-state index contributed by atoms with van der Waals surface area (Å²) in [6, 6.07) is 10.4. The molecule has 0 saturated heterocycles. The van der Waals surface area contributed by atoms with E-state index in [2.05, 4.69) is 30.1 Å². The van der Waals surface area contributed by atoms with Crippen LogP contribution in [-0.4, -0.2) is 22.3 Å². The number of H-pyrrole nitrogens is 1. The van der Waals surface area contributed by atoms with Crippen molar-refractivity contribution in [3.05, 3.63) is 58.9 Å². The summed E-state index contributed by atoms with van der Waals surface area (Å²) in [4.78, 5) is 17.6. The van der Waals surface area contributed by atoms with Gasteiger partial charge in [0.15, 0.2) is 0 Å². The highest BCUT2D eigenvalue weighted by molar-refractivity contribution is 5.76. The van der Waals surface area contributed by atoms with Crippen molar-refractivity contribution in [3.8, 4) is 0 Å². The highest BCUT2D eigenvalue weighted by atomic mass is 16.2. The zero-order valence-electron chi connectivity index (χ0n) is 11.9. The third kappa shape index (κ3) is 2.62. The lowest BCUT2D eigenvalue weighted by Gasteiger charge is -2.27. The highest BCUT2D eigenvalue weighted by Gasteiger charge is 2.20. The number of fused-ring (bicyclic) bond motifs is 1. The molecule has 1 aromatic carbocycles. The summed E-state index contributed by atoms with van der Waals surface area (Å²) < 4.78 is 0. The molecular formula is C17H20N2O. The summed E-state index contributed by atoms with van der Waals surface area (Å²) in [5.74, 6) is 0.264. The maximum absolute atomic E-state index is 12.3. The largest absolute Gasteiger partial charge is 0.365 e. The number of benzene rings is 1. The van der Waals surface area contributed by atoms with Crippen LogP contribution in [-0.2, 0) is 24.2 Å². The molecule has 1 aliphatic rings. The van der Waals surface area contributed by atoms with Crippen molar-refractivity contribution in [2.45, 2.75) is 32.7 Å². The van der Waals surface area contributed by atoms with E-state index in [0.29, 0.717) is 6.42 Å². The fraction of sp³-hybridized carbons (Fsp3) is 0.353. The number of hydrogen-bond donors (Lipinski definition) is 1. The Bertz CT molecular complexity index is 615. The Morgan fingerprint density at radius 1 is 1.30 bits per heavy atom. The number of aryl methyl sites for hydroxylation is 2. The van der Waals surface area contributed by atoms with Crippen molar-refractivity contribution in [1.29, 1.82) is 0 Å². The second kappa shape index (κ2) is 5.53. The molecule has 20 heavy (non-hydrogen) atoms. The van der Waals surface area contributed by atoms with Crippen molar-refractivity contribution in [2.24, 2.45) is 0 Å². The first-order valence-corrected chi connectivity index (χ1v) is 7.21. The van der Waals surface area contributed by atoms with Crippen LogP contribution in [0.25, 0.3) is 0 Å². The third-order valence-corrected chi connectivity index (χ3v) is 4.14. The predicted molar refractivity (Wildman–Crippen MR) is 79.4 cm³/mol. The molecule has 0 saturated carbocycles. The minimum Gasteiger partial charge on any atom is -0.365 e. The van der Waals surface area contributed by atoms with Gasteiger partial charge in [-0.25, -0.2) is 0 Å². The SMILES string of the molecule is Cc1ccccc1CCC(=O)N1CCc2[nH]ccc2C1. The van der Waals surface area contributed by atoms with Crippen molar-refractivity contribution in [2.75, 3.05) is 6.54 Å². The summed E-state index contributed by atoms with van der Waals surface area (Å²) in [6.45, 7) is 3.69. The van der Waals surface area contributed by atoms with Crippen LogP contribution in [0.4, 0.5) is 0 Å². The normalized spacial score (nSPS) is 14.2. The van der Waals surface area contributed by atoms with E-state index in [9.17, 15) is 4.79 Å². The highest BCUT2D eigenvalue weighted by Crippen LogP contribution is 2.18. The summed E-state index contributed by atoms with van der Waals surface area (Å²) in [5, 5.41) is 0. The van der Waals surface area contributed by atoms with E-state index in [1.54, 1.807) is 0 Å². The standard InChI is InChI=1S/C17H20N2O/c1-13-4-2-3-5-14(13)6-7-17(20)19-11-9-16-15(12-19)8-10-18-16/h2-5,8,10,18H,6-7,9,11-12H2,1H3. The van der Waals surface area contributed by atoms with Crippen molar-refractivity contribution >= 4 is 5.91 Å². The molecule has 2 heterocycles. The molecule has 104 valence electrons. The number of aromatic nitrogens is 1. The molecule has 3 heteroatoms. The van der Waals surface area contributed by atoms with Crippen LogP contribution in [0.1, 0.15) is 28.8 Å². The topological polar surface area (TPSA) is 36.1 Å². The summed E-state index contributed by atoms with van der Waals surface area (Å²) in [7, 11) is 0. The second-order valence-corrected chi connectivity index (χ2v) is 5.47. The second-order valence-electron chi connectivity index (χ2n) is 5.47. The first kappa shape index (κ1) is 13.0. The fourth-order valence-electron chi connectivity index (χ4n) is 2.85. The van der Waals surface area contributed by atoms with Gasteiger partial charge in [-0.2, -0.15) is 0 Å². The van der Waals surface area contributed by atoms with Crippen LogP contribution in [0.15, 0.2) is 36.5 Å². The van der Waals surface area contributed by atoms with Gasteiger partial charge in [-0.15, -0.1) is 0 Å². The Morgan fingerprint density at radius 2 is 2.15 bits per heavy atom. The molecule has 2 aromatic rings. The Hall–Kier alpha value is -2.03. The zero-order valence-corrected chi connectivity index (χ0v) is 11.9. The lowest BCUT2D eigenvalue weighted by molar-refractivity contribution is -0.132. The molecule has 0 fully saturated rings. The van der Waals surface area contributed by atoms with Crippen LogP contribution in [0.3, 0.4) is 0 Å². The molecule has 1 N–H and O–H groups in total. The van der Waals surface area contributed by atoms with Gasteiger partial charge in [-0.3, -0.25) is 4.79 Å². The molecule has 0 bridgehead atoms. The van der Waals surface area contributed by atoms with Crippen LogP contribution >= 0.6 is 0 Å². The molecular weight excluding hydrogens is 248 g/mol. The van der Waals surface area contributed by atoms with E-state index in [0.717, 1.165) is 25.9 Å². The van der Waals surface area contributed by atoms with E-state index in [1.807, 2.05) is 23.2 Å². The minimum absolute atomic E-state index is 0.264. The number of carbonyl (C=O) groups excluding carboxylic acids is 1. The van der Waals surface area contributed by atoms with Crippen molar-refractivity contribution in [3.63, 3.8) is 0 Å². The van der Waals surface area contributed by atoms with Gasteiger partial charge in [0.05, 0.1) is 0 Å². The summed E-state index contributed by atoms with van der Waals surface area (Å²) in [6.07, 6.45) is 4.34. The number of rotatable bonds is 3. The summed E-state index contributed by atoms with van der Waals surface area (Å²) >= 11 is 0. The Balaban J connectivity index is 1.59. The van der Waals surface area contributed by atoms with Gasteiger partial charge in [0.1, 0.15) is 0 Å². The molecule has 1 aromatic heterocycles. The molecule has 3 nitrogen and oxygen atoms in total. The van der Waals surface area contributed by atoms with E-state index in [-0.39, 0.29) is 5.91 Å². The summed E-state index contributed by atoms with van der Waals surface area (Å²) in [5.41, 5.74) is 5.10. The number of carbonyl (C=O) groups is 1. The molecule has 1 aliphatic heterocycles. The van der Waals surface area contributed by atoms with E-state index in [1.165, 1.54) is 22.4 Å². The monoisotopic (exact) mass is 268 g/mol. The quantitative estimate of drug-likeness (QED) is 0.913. The Kier molecular flexibility index (Phi) is 3.59. The smallest absolute Gasteiger partial charge is 0.223 e. The lowest BCUT2D eigenvalue weighted by Crippen LogP contribution is -2.35. The van der Waals surface area contributed by atoms with Crippen LogP contribution in [0, 0.1) is 6.92 Å². The van der Waals surface area contributed by atoms with Crippen LogP contribution in [0.2, 0.25) is 0 Å². The van der Waals surface area contributed by atoms with Crippen LogP contribution < -0.4 is 0 Å². The first-order valence-electron chi connectivity index (χ1n) is 7.21. The van der Waals surface area contributed by atoms with Gasteiger partial charge >= 0.3 is 0 Å². The van der Waals surface area contributed by atoms with E-state index < -0.39 is 0 Å². The average molecular weight is 268 g/mol. The Morgan fingerprint density at radius 3 is 3.00 bits per heavy atom. The number of hydrogen-bond acceptors (Lipinski definition) is 1. The molecule has 0 spiro atoms. The number of aromatic amines is 1. The minimum atomic E-state index is 0.264. The van der Waals surface area contributed by atoms with Gasteiger partial charge < -0.3 is 9.88 Å². The van der Waals surface area contributed by atoms with Gasteiger partial charge in [0, 0.05) is 37.8 Å². The molecule has 0 atom stereocenters. The maximum Gasteiger partial charge on any atom is 0.223 e. The Labute approximate surface area is 119 Å². The van der Waals surface area contributed by atoms with Gasteiger partial charge in [0.25, 0.3) is 0 Å². The van der Waals surface area contributed by atoms with E-state index >= 15 is 0 Å². The number of nitrogens with one attached hydrogen (secondary N) is 1. The fourth-order valence-corrected chi connectivity index (χ4v) is 2.85. The maximum atomic E-state index is 12.3. The van der Waals surface area contributed by atoms with Crippen molar-refractivity contribution < 1.29 is 4.79 Å². The zero-order chi connectivity index (χ0) is 13.9. The lowest BCUT2D eigenvalue weighted by atomic mass is 10.0. The van der Waals surface area contributed by atoms with Crippen molar-refractivity contribution in [1.82, 2.24) is 9.88 Å². The van der Waals surface area contributed by atoms with Gasteiger partial charge in [-0.1, -0.05) is 24.3 Å². The average Bonchev–Trinajstić information content (AvgIpc) is 2.93. The van der Waals surface area contributed by atoms with Gasteiger partial charge in [0.2, 0.25) is 5.91 Å². The predicted octanol–water partition coefficient (Wildman–Crippen LogP) is 2.84. The molecule has 0 radical (unpaired) electrons. The number of nitrogens with zero attached hydrogens (tertiary/aromatic N) is 1. The number of amides is 1. The van der Waals surface area contributed by atoms with Crippen LogP contribution in [0.5, 0.6) is 0 Å². The molecule has 3 rings (SSSR count). The molecule has 0 unspecified atom stereocenters. The molecule has 0 aliphatic carbocycles. The van der Waals surface area contributed by atoms with Gasteiger partial charge in [-0.05, 0) is 36.1 Å². The first-order chi connectivity index (χ1) is 9.74.